The molecule has 0 aliphatic heterocycles. The first-order chi connectivity index (χ1) is 9.77. The topological polar surface area (TPSA) is 43.8 Å². The van der Waals surface area contributed by atoms with Crippen molar-refractivity contribution in [2.24, 2.45) is 7.05 Å². The minimum atomic E-state index is 0.0681. The second-order valence-electron chi connectivity index (χ2n) is 4.88. The summed E-state index contributed by atoms with van der Waals surface area (Å²) in [6.45, 7) is 0. The number of nitrogens with two attached hydrogens (primary N) is 1. The van der Waals surface area contributed by atoms with Gasteiger partial charge in [0.1, 0.15) is 5.82 Å². The lowest BCUT2D eigenvalue weighted by atomic mass is 9.88. The van der Waals surface area contributed by atoms with Gasteiger partial charge in [0, 0.05) is 7.05 Å². The Bertz CT molecular complexity index is 647. The number of nitrogens with zero attached hydrogens (tertiary/aromatic N) is 2. The summed E-state index contributed by atoms with van der Waals surface area (Å²) in [5, 5.41) is 0. The highest BCUT2D eigenvalue weighted by molar-refractivity contribution is 5.49. The van der Waals surface area contributed by atoms with Crippen LogP contribution >= 0.6 is 0 Å². The second kappa shape index (κ2) is 5.21. The van der Waals surface area contributed by atoms with Crippen LogP contribution in [0.25, 0.3) is 0 Å². The van der Waals surface area contributed by atoms with Crippen LogP contribution in [0.1, 0.15) is 22.7 Å². The number of hydrogen-bond acceptors (Lipinski definition) is 2. The molecule has 0 unspecified atom stereocenters. The van der Waals surface area contributed by atoms with Crippen molar-refractivity contribution in [1.29, 1.82) is 0 Å². The average molecular weight is 263 g/mol. The molecule has 0 saturated carbocycles. The molecule has 0 amide bonds. The first-order valence-electron chi connectivity index (χ1n) is 6.64. The third kappa shape index (κ3) is 2.18. The van der Waals surface area contributed by atoms with Crippen LogP contribution < -0.4 is 5.73 Å². The van der Waals surface area contributed by atoms with Gasteiger partial charge in [-0.2, -0.15) is 0 Å². The Morgan fingerprint density at radius 3 is 1.80 bits per heavy atom. The number of nitrogen functional groups attached to an aromatic ring is 1. The number of imidazole rings is 1. The number of rotatable bonds is 3. The van der Waals surface area contributed by atoms with E-state index >= 15 is 0 Å². The molecule has 0 saturated heterocycles. The zero-order chi connectivity index (χ0) is 13.9. The summed E-state index contributed by atoms with van der Waals surface area (Å²) in [5.41, 5.74) is 9.48. The van der Waals surface area contributed by atoms with Crippen molar-refractivity contribution in [2.75, 3.05) is 5.73 Å². The Balaban J connectivity index is 2.17. The molecule has 2 aromatic carbocycles. The van der Waals surface area contributed by atoms with Gasteiger partial charge in [-0.05, 0) is 11.1 Å². The highest BCUT2D eigenvalue weighted by Gasteiger charge is 2.21. The average Bonchev–Trinajstić information content (AvgIpc) is 2.82. The number of anilines is 1. The molecule has 3 heteroatoms. The van der Waals surface area contributed by atoms with Crippen molar-refractivity contribution in [2.45, 2.75) is 5.92 Å². The Hall–Kier alpha value is -2.55. The van der Waals surface area contributed by atoms with E-state index in [2.05, 4.69) is 29.2 Å². The van der Waals surface area contributed by atoms with E-state index in [1.807, 2.05) is 48.0 Å². The van der Waals surface area contributed by atoms with E-state index in [0.717, 1.165) is 5.69 Å². The van der Waals surface area contributed by atoms with Crippen molar-refractivity contribution in [3.05, 3.63) is 83.8 Å². The molecule has 0 bridgehead atoms. The Kier molecular flexibility index (Phi) is 3.25. The van der Waals surface area contributed by atoms with E-state index in [1.165, 1.54) is 11.1 Å². The first-order valence-corrected chi connectivity index (χ1v) is 6.64. The van der Waals surface area contributed by atoms with Crippen LogP contribution in [0.4, 0.5) is 5.82 Å². The maximum atomic E-state index is 6.18. The summed E-state index contributed by atoms with van der Waals surface area (Å²) in [5.74, 6) is 0.779. The van der Waals surface area contributed by atoms with Crippen molar-refractivity contribution >= 4 is 5.82 Å². The van der Waals surface area contributed by atoms with Crippen molar-refractivity contribution in [1.82, 2.24) is 9.55 Å². The quantitative estimate of drug-likeness (QED) is 0.788. The maximum Gasteiger partial charge on any atom is 0.127 e. The summed E-state index contributed by atoms with van der Waals surface area (Å²) < 4.78 is 1.86. The maximum absolute atomic E-state index is 6.18. The first kappa shape index (κ1) is 12.5. The van der Waals surface area contributed by atoms with Gasteiger partial charge in [-0.1, -0.05) is 60.7 Å². The van der Waals surface area contributed by atoms with Crippen LogP contribution in [0.5, 0.6) is 0 Å². The van der Waals surface area contributed by atoms with Crippen LogP contribution in [0.15, 0.2) is 67.0 Å². The van der Waals surface area contributed by atoms with E-state index in [4.69, 9.17) is 5.73 Å². The monoisotopic (exact) mass is 263 g/mol. The van der Waals surface area contributed by atoms with Crippen LogP contribution in [-0.2, 0) is 7.05 Å². The summed E-state index contributed by atoms with van der Waals surface area (Å²) in [6.07, 6.45) is 1.77. The molecule has 0 aliphatic carbocycles. The van der Waals surface area contributed by atoms with Crippen LogP contribution in [0, 0.1) is 0 Å². The molecule has 3 rings (SSSR count). The Labute approximate surface area is 118 Å². The van der Waals surface area contributed by atoms with E-state index in [0.29, 0.717) is 5.82 Å². The van der Waals surface area contributed by atoms with Gasteiger partial charge in [0.2, 0.25) is 0 Å². The minimum Gasteiger partial charge on any atom is -0.384 e. The lowest BCUT2D eigenvalue weighted by Gasteiger charge is -2.17. The predicted molar refractivity (Wildman–Crippen MR) is 81.4 cm³/mol. The summed E-state index contributed by atoms with van der Waals surface area (Å²) in [7, 11) is 1.92. The summed E-state index contributed by atoms with van der Waals surface area (Å²) in [4.78, 5) is 4.51. The van der Waals surface area contributed by atoms with Gasteiger partial charge < -0.3 is 10.3 Å². The third-order valence-corrected chi connectivity index (χ3v) is 3.55. The largest absolute Gasteiger partial charge is 0.384 e. The summed E-state index contributed by atoms with van der Waals surface area (Å²) in [6, 6.07) is 20.7. The van der Waals surface area contributed by atoms with Crippen LogP contribution in [0.3, 0.4) is 0 Å². The molecule has 3 nitrogen and oxygen atoms in total. The number of aromatic nitrogens is 2. The van der Waals surface area contributed by atoms with Crippen molar-refractivity contribution in [3.63, 3.8) is 0 Å². The highest BCUT2D eigenvalue weighted by Crippen LogP contribution is 2.33. The van der Waals surface area contributed by atoms with E-state index in [9.17, 15) is 0 Å². The third-order valence-electron chi connectivity index (χ3n) is 3.55. The second-order valence-corrected chi connectivity index (χ2v) is 4.88. The van der Waals surface area contributed by atoms with Gasteiger partial charge in [-0.3, -0.25) is 0 Å². The predicted octanol–water partition coefficient (Wildman–Crippen LogP) is 3.18. The summed E-state index contributed by atoms with van der Waals surface area (Å²) >= 11 is 0. The van der Waals surface area contributed by atoms with Crippen molar-refractivity contribution < 1.29 is 0 Å². The molecule has 0 fully saturated rings. The fourth-order valence-electron chi connectivity index (χ4n) is 2.48. The lowest BCUT2D eigenvalue weighted by molar-refractivity contribution is 0.920. The van der Waals surface area contributed by atoms with Gasteiger partial charge >= 0.3 is 0 Å². The molecule has 2 N–H and O–H groups in total. The molecular formula is C17H17N3. The number of hydrogen-bond donors (Lipinski definition) is 1. The Morgan fingerprint density at radius 2 is 1.40 bits per heavy atom. The molecule has 1 heterocycles. The SMILES string of the molecule is Cn1cnc(C(c2ccccc2)c2ccccc2)c1N. The van der Waals surface area contributed by atoms with E-state index in [-0.39, 0.29) is 5.92 Å². The molecule has 0 aliphatic rings. The molecule has 0 radical (unpaired) electrons. The smallest absolute Gasteiger partial charge is 0.127 e. The fraction of sp³-hybridized carbons (Fsp3) is 0.118. The molecule has 1 aromatic heterocycles. The van der Waals surface area contributed by atoms with Gasteiger partial charge in [0.25, 0.3) is 0 Å². The lowest BCUT2D eigenvalue weighted by Crippen LogP contribution is -2.07. The molecular weight excluding hydrogens is 246 g/mol. The molecule has 100 valence electrons. The van der Waals surface area contributed by atoms with Crippen molar-refractivity contribution in [3.8, 4) is 0 Å². The standard InChI is InChI=1S/C17H17N3/c1-20-12-19-16(17(20)18)15(13-8-4-2-5-9-13)14-10-6-3-7-11-14/h2-12,15H,18H2,1H3. The molecule has 20 heavy (non-hydrogen) atoms. The Morgan fingerprint density at radius 1 is 0.900 bits per heavy atom. The van der Waals surface area contributed by atoms with Gasteiger partial charge in [0.05, 0.1) is 17.9 Å². The number of benzene rings is 2. The van der Waals surface area contributed by atoms with Gasteiger partial charge in [-0.15, -0.1) is 0 Å². The van der Waals surface area contributed by atoms with E-state index in [1.54, 1.807) is 6.33 Å². The van der Waals surface area contributed by atoms with Gasteiger partial charge in [0.15, 0.2) is 0 Å². The highest BCUT2D eigenvalue weighted by atomic mass is 15.1. The fourth-order valence-corrected chi connectivity index (χ4v) is 2.48. The molecule has 3 aromatic rings. The normalized spacial score (nSPS) is 10.9. The zero-order valence-electron chi connectivity index (χ0n) is 11.4. The van der Waals surface area contributed by atoms with Crippen LogP contribution in [0.2, 0.25) is 0 Å². The molecule has 0 spiro atoms. The van der Waals surface area contributed by atoms with Crippen LogP contribution in [-0.4, -0.2) is 9.55 Å². The molecule has 0 atom stereocenters. The minimum absolute atomic E-state index is 0.0681. The van der Waals surface area contributed by atoms with E-state index < -0.39 is 0 Å². The zero-order valence-corrected chi connectivity index (χ0v) is 11.4. The van der Waals surface area contributed by atoms with Gasteiger partial charge in [-0.25, -0.2) is 4.98 Å². The number of aryl methyl sites for hydroxylation is 1.